The highest BCUT2D eigenvalue weighted by atomic mass is 35.5. The predicted molar refractivity (Wildman–Crippen MR) is 164 cm³/mol. The van der Waals surface area contributed by atoms with Gasteiger partial charge in [0.15, 0.2) is 5.78 Å². The Hall–Kier alpha value is -4.81. The number of nitriles is 1. The van der Waals surface area contributed by atoms with Gasteiger partial charge in [0.05, 0.1) is 35.3 Å². The van der Waals surface area contributed by atoms with E-state index in [2.05, 4.69) is 6.07 Å². The van der Waals surface area contributed by atoms with Crippen LogP contribution in [0.2, 0.25) is 5.02 Å². The summed E-state index contributed by atoms with van der Waals surface area (Å²) in [6.45, 7) is 5.98. The van der Waals surface area contributed by atoms with Crippen LogP contribution in [-0.4, -0.2) is 17.8 Å². The highest BCUT2D eigenvalue weighted by Gasteiger charge is 2.45. The van der Waals surface area contributed by atoms with Crippen LogP contribution in [0, 0.1) is 33.8 Å². The Kier molecular flexibility index (Phi) is 7.91. The van der Waals surface area contributed by atoms with Gasteiger partial charge in [0.2, 0.25) is 0 Å². The van der Waals surface area contributed by atoms with Gasteiger partial charge in [-0.1, -0.05) is 37.6 Å². The molecule has 1 aliphatic heterocycles. The predicted octanol–water partition coefficient (Wildman–Crippen LogP) is 7.09. The van der Waals surface area contributed by atoms with E-state index in [1.807, 2.05) is 32.9 Å². The van der Waals surface area contributed by atoms with Gasteiger partial charge < -0.3 is 15.2 Å². The van der Waals surface area contributed by atoms with Crippen molar-refractivity contribution in [2.24, 2.45) is 11.1 Å². The largest absolute Gasteiger partial charge is 0.496 e. The molecule has 3 aromatic carbocycles. The second-order valence-electron chi connectivity index (χ2n) is 11.5. The van der Waals surface area contributed by atoms with Crippen LogP contribution in [0.15, 0.2) is 83.3 Å². The molecule has 0 amide bonds. The van der Waals surface area contributed by atoms with E-state index in [4.69, 9.17) is 26.8 Å². The summed E-state index contributed by atoms with van der Waals surface area (Å²) in [5.74, 6) is 0.505. The molecule has 0 unspecified atom stereocenters. The quantitative estimate of drug-likeness (QED) is 0.225. The van der Waals surface area contributed by atoms with Crippen LogP contribution in [-0.2, 0) is 11.4 Å². The third kappa shape index (κ3) is 5.66. The summed E-state index contributed by atoms with van der Waals surface area (Å²) in [6, 6.07) is 19.3. The molecular formula is C33H31ClN4O5. The van der Waals surface area contributed by atoms with Crippen LogP contribution >= 0.6 is 11.6 Å². The number of carbonyl (C=O) groups excluding carboxylic acids is 1. The first kappa shape index (κ1) is 29.7. The summed E-state index contributed by atoms with van der Waals surface area (Å²) < 4.78 is 11.6. The monoisotopic (exact) mass is 598 g/mol. The fourth-order valence-electron chi connectivity index (χ4n) is 5.85. The number of hydrogen-bond acceptors (Lipinski definition) is 8. The van der Waals surface area contributed by atoms with Gasteiger partial charge in [-0.2, -0.15) is 5.26 Å². The third-order valence-corrected chi connectivity index (χ3v) is 8.12. The number of benzene rings is 3. The minimum absolute atomic E-state index is 0.0978. The molecule has 220 valence electrons. The van der Waals surface area contributed by atoms with Crippen molar-refractivity contribution in [1.82, 2.24) is 0 Å². The molecule has 2 N–H and O–H groups in total. The summed E-state index contributed by atoms with van der Waals surface area (Å²) in [4.78, 5) is 26.8. The number of Topliss-reactive ketones (excluding diaryl/α,β-unsaturated/α-hetero) is 1. The Morgan fingerprint density at radius 2 is 1.86 bits per heavy atom. The zero-order chi connectivity index (χ0) is 31.1. The standard InChI is InChI=1S/C33H31ClN4O5/c1-19-5-9-23(38(40)41)14-26(19)37-27-15-33(2,3)16-28(39)31(27)30(25(17-35)32(37)36)20-6-12-29(42-4)21(13-20)18-43-24-10-7-22(34)8-11-24/h5-14,30H,15-16,18,36H2,1-4H3/t30-/m1/s1. The molecule has 1 atom stereocenters. The highest BCUT2D eigenvalue weighted by Crippen LogP contribution is 2.51. The second kappa shape index (κ2) is 11.5. The van der Waals surface area contributed by atoms with Crippen molar-refractivity contribution in [2.75, 3.05) is 12.0 Å². The average molecular weight is 599 g/mol. The Morgan fingerprint density at radius 1 is 1.14 bits per heavy atom. The Labute approximate surface area is 254 Å². The van der Waals surface area contributed by atoms with Crippen molar-refractivity contribution >= 4 is 28.8 Å². The number of nitrogens with two attached hydrogens (primary N) is 1. The smallest absolute Gasteiger partial charge is 0.271 e. The van der Waals surface area contributed by atoms with Gasteiger partial charge in [-0.3, -0.25) is 19.8 Å². The first-order chi connectivity index (χ1) is 20.4. The van der Waals surface area contributed by atoms with Gasteiger partial charge in [-0.05, 0) is 66.3 Å². The fourth-order valence-corrected chi connectivity index (χ4v) is 5.98. The minimum Gasteiger partial charge on any atom is -0.496 e. The second-order valence-corrected chi connectivity index (χ2v) is 12.0. The molecule has 1 heterocycles. The van der Waals surface area contributed by atoms with E-state index in [1.165, 1.54) is 12.1 Å². The van der Waals surface area contributed by atoms with E-state index in [-0.39, 0.29) is 35.9 Å². The molecule has 0 aromatic heterocycles. The molecule has 43 heavy (non-hydrogen) atoms. The van der Waals surface area contributed by atoms with Gasteiger partial charge in [0, 0.05) is 40.4 Å². The number of carbonyl (C=O) groups is 1. The van der Waals surface area contributed by atoms with Crippen LogP contribution < -0.4 is 20.1 Å². The number of nitro groups is 1. The number of ether oxygens (including phenoxy) is 2. The Morgan fingerprint density at radius 3 is 2.51 bits per heavy atom. The normalized spacial score (nSPS) is 17.8. The zero-order valence-electron chi connectivity index (χ0n) is 24.3. The number of anilines is 1. The fraction of sp³-hybridized carbons (Fsp3) is 0.273. The number of aryl methyl sites for hydroxylation is 1. The molecule has 0 bridgehead atoms. The van der Waals surface area contributed by atoms with E-state index in [1.54, 1.807) is 48.4 Å². The molecule has 10 heteroatoms. The van der Waals surface area contributed by atoms with Crippen molar-refractivity contribution in [3.8, 4) is 17.6 Å². The zero-order valence-corrected chi connectivity index (χ0v) is 25.1. The SMILES string of the molecule is COc1ccc([C@@H]2C(C#N)=C(N)N(c3cc([N+](=O)[O-])ccc3C)C3=C2C(=O)CC(C)(C)C3)cc1COc1ccc(Cl)cc1. The molecule has 0 spiro atoms. The van der Waals surface area contributed by atoms with Gasteiger partial charge in [0.1, 0.15) is 23.9 Å². The molecule has 0 saturated carbocycles. The number of hydrogen-bond donors (Lipinski definition) is 1. The van der Waals surface area contributed by atoms with Crippen LogP contribution in [0.4, 0.5) is 11.4 Å². The molecule has 0 fully saturated rings. The maximum Gasteiger partial charge on any atom is 0.271 e. The number of ketones is 1. The maximum atomic E-state index is 14.0. The number of methoxy groups -OCH3 is 1. The third-order valence-electron chi connectivity index (χ3n) is 7.87. The maximum absolute atomic E-state index is 14.0. The van der Waals surface area contributed by atoms with Crippen LogP contribution in [0.1, 0.15) is 49.3 Å². The van der Waals surface area contributed by atoms with Gasteiger partial charge in [0.25, 0.3) is 5.69 Å². The van der Waals surface area contributed by atoms with E-state index < -0.39 is 16.3 Å². The van der Waals surface area contributed by atoms with Crippen molar-refractivity contribution in [2.45, 2.75) is 46.1 Å². The Bertz CT molecular complexity index is 1740. The van der Waals surface area contributed by atoms with Crippen LogP contribution in [0.5, 0.6) is 11.5 Å². The summed E-state index contributed by atoms with van der Waals surface area (Å²) in [6.07, 6.45) is 0.764. The first-order valence-corrected chi connectivity index (χ1v) is 14.1. The molecule has 2 aliphatic rings. The lowest BCUT2D eigenvalue weighted by atomic mass is 9.68. The van der Waals surface area contributed by atoms with Crippen molar-refractivity contribution in [3.63, 3.8) is 0 Å². The summed E-state index contributed by atoms with van der Waals surface area (Å²) in [5.41, 5.74) is 10.1. The highest BCUT2D eigenvalue weighted by molar-refractivity contribution is 6.30. The van der Waals surface area contributed by atoms with Crippen LogP contribution in [0.3, 0.4) is 0 Å². The van der Waals surface area contributed by atoms with E-state index >= 15 is 0 Å². The lowest BCUT2D eigenvalue weighted by Crippen LogP contribution is -2.42. The number of non-ortho nitro benzene ring substituents is 1. The lowest BCUT2D eigenvalue weighted by Gasteiger charge is -2.44. The number of rotatable bonds is 7. The van der Waals surface area contributed by atoms with E-state index in [9.17, 15) is 20.2 Å². The molecule has 0 saturated heterocycles. The minimum atomic E-state index is -0.737. The van der Waals surface area contributed by atoms with Gasteiger partial charge >= 0.3 is 0 Å². The van der Waals surface area contributed by atoms with Crippen molar-refractivity contribution in [1.29, 1.82) is 5.26 Å². The number of halogens is 1. The van der Waals surface area contributed by atoms with Gasteiger partial charge in [-0.15, -0.1) is 0 Å². The number of allylic oxidation sites excluding steroid dienone is 3. The van der Waals surface area contributed by atoms with Gasteiger partial charge in [-0.25, -0.2) is 0 Å². The van der Waals surface area contributed by atoms with E-state index in [0.29, 0.717) is 51.0 Å². The van der Waals surface area contributed by atoms with Crippen molar-refractivity contribution < 1.29 is 19.2 Å². The molecule has 1 aliphatic carbocycles. The molecule has 3 aromatic rings. The van der Waals surface area contributed by atoms with E-state index in [0.717, 1.165) is 5.56 Å². The number of nitro benzene ring substituents is 1. The first-order valence-electron chi connectivity index (χ1n) is 13.7. The lowest BCUT2D eigenvalue weighted by molar-refractivity contribution is -0.384. The topological polar surface area (TPSA) is 132 Å². The molecule has 5 rings (SSSR count). The van der Waals surface area contributed by atoms with Crippen molar-refractivity contribution in [3.05, 3.63) is 115 Å². The summed E-state index contributed by atoms with van der Waals surface area (Å²) in [5, 5.41) is 22.7. The summed E-state index contributed by atoms with van der Waals surface area (Å²) in [7, 11) is 1.56. The average Bonchev–Trinajstić information content (AvgIpc) is 2.96. The number of nitrogens with zero attached hydrogens (tertiary/aromatic N) is 3. The molecule has 0 radical (unpaired) electrons. The Balaban J connectivity index is 1.67. The van der Waals surface area contributed by atoms with Crippen LogP contribution in [0.25, 0.3) is 0 Å². The molecular weight excluding hydrogens is 568 g/mol. The molecule has 9 nitrogen and oxygen atoms in total. The summed E-state index contributed by atoms with van der Waals surface area (Å²) >= 11 is 6.01.